The molecule has 0 aliphatic carbocycles. The molecule has 0 radical (unpaired) electrons. The van der Waals surface area contributed by atoms with Gasteiger partial charge in [-0.15, -0.1) is 0 Å². The van der Waals surface area contributed by atoms with Crippen LogP contribution in [-0.4, -0.2) is 48.1 Å². The maximum atomic E-state index is 5.79. The van der Waals surface area contributed by atoms with Gasteiger partial charge in [-0.05, 0) is 11.6 Å². The Balaban J connectivity index is 1.47. The smallest absolute Gasteiger partial charge is 0.0882 e. The van der Waals surface area contributed by atoms with Gasteiger partial charge in [0.15, 0.2) is 0 Å². The zero-order valence-corrected chi connectivity index (χ0v) is 13.0. The maximum Gasteiger partial charge on any atom is 0.0882 e. The summed E-state index contributed by atoms with van der Waals surface area (Å²) in [7, 11) is 1.74. The van der Waals surface area contributed by atoms with Crippen LogP contribution < -0.4 is 0 Å². The highest BCUT2D eigenvalue weighted by Gasteiger charge is 2.24. The summed E-state index contributed by atoms with van der Waals surface area (Å²) in [6.45, 7) is 4.91. The third-order valence-corrected chi connectivity index (χ3v) is 3.98. The van der Waals surface area contributed by atoms with Crippen molar-refractivity contribution >= 4 is 0 Å². The molecule has 0 saturated heterocycles. The average Bonchev–Trinajstić information content (AvgIpc) is 3.02. The number of fused-ring (bicyclic) bond motifs is 1. The summed E-state index contributed by atoms with van der Waals surface area (Å²) in [5.74, 6) is 0. The minimum Gasteiger partial charge on any atom is -0.382 e. The number of aromatic nitrogens is 2. The molecule has 3 rings (SSSR count). The Morgan fingerprint density at radius 2 is 2.09 bits per heavy atom. The van der Waals surface area contributed by atoms with Crippen LogP contribution in [0.3, 0.4) is 0 Å². The molecule has 0 unspecified atom stereocenters. The summed E-state index contributed by atoms with van der Waals surface area (Å²) in [6.07, 6.45) is 1.87. The quantitative estimate of drug-likeness (QED) is 0.734. The Kier molecular flexibility index (Phi) is 5.21. The Morgan fingerprint density at radius 1 is 1.23 bits per heavy atom. The molecule has 2 aromatic rings. The van der Waals surface area contributed by atoms with Crippen LogP contribution in [0.4, 0.5) is 0 Å². The van der Waals surface area contributed by atoms with Crippen molar-refractivity contribution in [3.8, 4) is 0 Å². The molecular formula is C17H23N3O2. The van der Waals surface area contributed by atoms with Crippen molar-refractivity contribution in [1.82, 2.24) is 14.7 Å². The highest BCUT2D eigenvalue weighted by Crippen LogP contribution is 2.20. The third-order valence-electron chi connectivity index (χ3n) is 3.98. The summed E-state index contributed by atoms with van der Waals surface area (Å²) in [6, 6.07) is 12.7. The first-order valence-electron chi connectivity index (χ1n) is 7.72. The van der Waals surface area contributed by atoms with Gasteiger partial charge >= 0.3 is 0 Å². The largest absolute Gasteiger partial charge is 0.382 e. The second-order valence-corrected chi connectivity index (χ2v) is 5.65. The van der Waals surface area contributed by atoms with Gasteiger partial charge in [0.25, 0.3) is 0 Å². The zero-order valence-electron chi connectivity index (χ0n) is 13.0. The van der Waals surface area contributed by atoms with Crippen LogP contribution in [0.25, 0.3) is 0 Å². The van der Waals surface area contributed by atoms with E-state index in [-0.39, 0.29) is 6.04 Å². The number of nitrogens with zero attached hydrogens (tertiary/aromatic N) is 3. The minimum absolute atomic E-state index is 0.290. The zero-order chi connectivity index (χ0) is 15.2. The number of benzene rings is 1. The highest BCUT2D eigenvalue weighted by molar-refractivity contribution is 5.13. The van der Waals surface area contributed by atoms with Crippen LogP contribution in [0.5, 0.6) is 0 Å². The SMILES string of the molecule is COC[C@@H]1CN(CCOCc2ccccc2)Cc2ccnn21. The van der Waals surface area contributed by atoms with Gasteiger partial charge in [0.1, 0.15) is 0 Å². The summed E-state index contributed by atoms with van der Waals surface area (Å²) in [5, 5.41) is 4.41. The molecule has 1 aromatic heterocycles. The number of ether oxygens (including phenoxy) is 2. The topological polar surface area (TPSA) is 39.5 Å². The molecular weight excluding hydrogens is 278 g/mol. The van der Waals surface area contributed by atoms with E-state index in [1.54, 1.807) is 7.11 Å². The first kappa shape index (κ1) is 15.2. The van der Waals surface area contributed by atoms with Crippen molar-refractivity contribution in [2.24, 2.45) is 0 Å². The van der Waals surface area contributed by atoms with Crippen LogP contribution >= 0.6 is 0 Å². The lowest BCUT2D eigenvalue weighted by Gasteiger charge is -2.33. The molecule has 1 aliphatic rings. The molecule has 0 fully saturated rings. The molecule has 5 heteroatoms. The van der Waals surface area contributed by atoms with Crippen molar-refractivity contribution in [2.75, 3.05) is 33.4 Å². The fourth-order valence-electron chi connectivity index (χ4n) is 2.91. The molecule has 5 nitrogen and oxygen atoms in total. The summed E-state index contributed by atoms with van der Waals surface area (Å²) < 4.78 is 13.2. The van der Waals surface area contributed by atoms with Crippen LogP contribution in [0.2, 0.25) is 0 Å². The lowest BCUT2D eigenvalue weighted by atomic mass is 10.2. The van der Waals surface area contributed by atoms with Gasteiger partial charge in [-0.1, -0.05) is 30.3 Å². The number of hydrogen-bond donors (Lipinski definition) is 0. The average molecular weight is 301 g/mol. The molecule has 0 spiro atoms. The lowest BCUT2D eigenvalue weighted by Crippen LogP contribution is -2.40. The van der Waals surface area contributed by atoms with E-state index in [2.05, 4.69) is 32.9 Å². The van der Waals surface area contributed by atoms with Crippen LogP contribution in [-0.2, 0) is 22.6 Å². The van der Waals surface area contributed by atoms with Crippen LogP contribution in [0.1, 0.15) is 17.3 Å². The van der Waals surface area contributed by atoms with Crippen LogP contribution in [0, 0.1) is 0 Å². The van der Waals surface area contributed by atoms with Crippen molar-refractivity contribution in [1.29, 1.82) is 0 Å². The van der Waals surface area contributed by atoms with Gasteiger partial charge in [-0.2, -0.15) is 5.10 Å². The van der Waals surface area contributed by atoms with Gasteiger partial charge < -0.3 is 9.47 Å². The van der Waals surface area contributed by atoms with Crippen molar-refractivity contribution < 1.29 is 9.47 Å². The molecule has 0 bridgehead atoms. The summed E-state index contributed by atoms with van der Waals surface area (Å²) >= 11 is 0. The molecule has 2 heterocycles. The van der Waals surface area contributed by atoms with Crippen LogP contribution in [0.15, 0.2) is 42.6 Å². The normalized spacial score (nSPS) is 18.3. The van der Waals surface area contributed by atoms with Gasteiger partial charge in [0.2, 0.25) is 0 Å². The van der Waals surface area contributed by atoms with E-state index in [0.29, 0.717) is 13.2 Å². The van der Waals surface area contributed by atoms with E-state index < -0.39 is 0 Å². The van der Waals surface area contributed by atoms with E-state index in [1.807, 2.05) is 24.4 Å². The van der Waals surface area contributed by atoms with Gasteiger partial charge in [-0.3, -0.25) is 9.58 Å². The van der Waals surface area contributed by atoms with E-state index in [1.165, 1.54) is 11.3 Å². The highest BCUT2D eigenvalue weighted by atomic mass is 16.5. The Bertz CT molecular complexity index is 570. The van der Waals surface area contributed by atoms with Gasteiger partial charge in [-0.25, -0.2) is 0 Å². The fourth-order valence-corrected chi connectivity index (χ4v) is 2.91. The monoisotopic (exact) mass is 301 g/mol. The number of methoxy groups -OCH3 is 1. The summed E-state index contributed by atoms with van der Waals surface area (Å²) in [4.78, 5) is 2.41. The number of hydrogen-bond acceptors (Lipinski definition) is 4. The second kappa shape index (κ2) is 7.54. The van der Waals surface area contributed by atoms with Gasteiger partial charge in [0, 0.05) is 32.9 Å². The molecule has 0 saturated carbocycles. The van der Waals surface area contributed by atoms with E-state index in [9.17, 15) is 0 Å². The van der Waals surface area contributed by atoms with Gasteiger partial charge in [0.05, 0.1) is 31.6 Å². The first-order chi connectivity index (χ1) is 10.9. The second-order valence-electron chi connectivity index (χ2n) is 5.65. The van der Waals surface area contributed by atoms with E-state index in [4.69, 9.17) is 9.47 Å². The van der Waals surface area contributed by atoms with Crippen molar-refractivity contribution in [2.45, 2.75) is 19.2 Å². The maximum absolute atomic E-state index is 5.79. The summed E-state index contributed by atoms with van der Waals surface area (Å²) in [5.41, 5.74) is 2.47. The lowest BCUT2D eigenvalue weighted by molar-refractivity contribution is 0.0574. The van der Waals surface area contributed by atoms with Crippen molar-refractivity contribution in [3.63, 3.8) is 0 Å². The van der Waals surface area contributed by atoms with E-state index in [0.717, 1.165) is 26.2 Å². The Morgan fingerprint density at radius 3 is 2.91 bits per heavy atom. The fraction of sp³-hybridized carbons (Fsp3) is 0.471. The molecule has 1 atom stereocenters. The Labute approximate surface area is 131 Å². The molecule has 118 valence electrons. The predicted molar refractivity (Wildman–Crippen MR) is 84.5 cm³/mol. The molecule has 0 N–H and O–H groups in total. The number of rotatable bonds is 7. The van der Waals surface area contributed by atoms with Crippen molar-refractivity contribution in [3.05, 3.63) is 53.9 Å². The Hall–Kier alpha value is -1.69. The standard InChI is InChI=1S/C17H23N3O2/c1-21-14-17-12-19(11-16-7-8-18-20(16)17)9-10-22-13-15-5-3-2-4-6-15/h2-8,17H,9-14H2,1H3/t17-/m0/s1. The molecule has 1 aliphatic heterocycles. The third kappa shape index (κ3) is 3.74. The molecule has 0 amide bonds. The van der Waals surface area contributed by atoms with E-state index >= 15 is 0 Å². The minimum atomic E-state index is 0.290. The molecule has 22 heavy (non-hydrogen) atoms. The molecule has 1 aromatic carbocycles. The first-order valence-corrected chi connectivity index (χ1v) is 7.72. The predicted octanol–water partition coefficient (Wildman–Crippen LogP) is 2.10.